The minimum absolute atomic E-state index is 0.889. The summed E-state index contributed by atoms with van der Waals surface area (Å²) in [4.78, 5) is 4.15. The summed E-state index contributed by atoms with van der Waals surface area (Å²) < 4.78 is 5.24. The predicted molar refractivity (Wildman–Crippen MR) is 99.7 cm³/mol. The highest BCUT2D eigenvalue weighted by molar-refractivity contribution is 4.81. The fourth-order valence-electron chi connectivity index (χ4n) is 2.90. The van der Waals surface area contributed by atoms with Crippen LogP contribution in [-0.2, 0) is 6.42 Å². The van der Waals surface area contributed by atoms with Gasteiger partial charge in [-0.2, -0.15) is 0 Å². The third-order valence-corrected chi connectivity index (χ3v) is 4.39. The molecule has 0 aliphatic carbocycles. The SMILES string of the molecule is CCCCCCCCC=CCCCCCCCCc1ncco1. The molecule has 0 saturated carbocycles. The number of unbranched alkanes of at least 4 members (excludes halogenated alkanes) is 12. The van der Waals surface area contributed by atoms with Gasteiger partial charge in [0.1, 0.15) is 6.26 Å². The molecule has 23 heavy (non-hydrogen) atoms. The Hall–Kier alpha value is -1.05. The second kappa shape index (κ2) is 15.8. The van der Waals surface area contributed by atoms with Crippen molar-refractivity contribution in [2.24, 2.45) is 0 Å². The first-order chi connectivity index (χ1) is 11.4. The van der Waals surface area contributed by atoms with Gasteiger partial charge in [0.05, 0.1) is 6.20 Å². The quantitative estimate of drug-likeness (QED) is 0.237. The molecule has 1 heterocycles. The topological polar surface area (TPSA) is 26.0 Å². The van der Waals surface area contributed by atoms with Gasteiger partial charge in [-0.25, -0.2) is 4.98 Å². The molecular formula is C21H37NO. The third-order valence-electron chi connectivity index (χ3n) is 4.39. The van der Waals surface area contributed by atoms with Gasteiger partial charge in [0.25, 0.3) is 0 Å². The third kappa shape index (κ3) is 13.1. The molecule has 1 aromatic rings. The van der Waals surface area contributed by atoms with Gasteiger partial charge < -0.3 is 4.42 Å². The summed E-state index contributed by atoms with van der Waals surface area (Å²) in [7, 11) is 0. The molecule has 0 spiro atoms. The summed E-state index contributed by atoms with van der Waals surface area (Å²) in [5.41, 5.74) is 0. The van der Waals surface area contributed by atoms with E-state index in [1.807, 2.05) is 0 Å². The Bertz CT molecular complexity index is 356. The highest BCUT2D eigenvalue weighted by Gasteiger charge is 1.97. The number of aromatic nitrogens is 1. The van der Waals surface area contributed by atoms with Crippen LogP contribution in [0.25, 0.3) is 0 Å². The zero-order valence-electron chi connectivity index (χ0n) is 15.3. The molecule has 0 unspecified atom stereocenters. The van der Waals surface area contributed by atoms with E-state index >= 15 is 0 Å². The minimum atomic E-state index is 0.889. The number of oxazole rings is 1. The number of nitrogens with zero attached hydrogens (tertiary/aromatic N) is 1. The first-order valence-corrected chi connectivity index (χ1v) is 9.97. The van der Waals surface area contributed by atoms with Gasteiger partial charge in [0.2, 0.25) is 0 Å². The van der Waals surface area contributed by atoms with Crippen LogP contribution in [0.3, 0.4) is 0 Å². The van der Waals surface area contributed by atoms with Gasteiger partial charge in [-0.05, 0) is 32.1 Å². The van der Waals surface area contributed by atoms with Gasteiger partial charge in [-0.1, -0.05) is 76.9 Å². The summed E-state index contributed by atoms with van der Waals surface area (Å²) in [6.45, 7) is 2.28. The molecule has 0 aliphatic rings. The fourth-order valence-corrected chi connectivity index (χ4v) is 2.90. The lowest BCUT2D eigenvalue weighted by atomic mass is 10.1. The molecule has 0 amide bonds. The van der Waals surface area contributed by atoms with Crippen molar-refractivity contribution in [1.29, 1.82) is 0 Å². The predicted octanol–water partition coefficient (Wildman–Crippen LogP) is 7.25. The smallest absolute Gasteiger partial charge is 0.193 e. The molecule has 0 fully saturated rings. The Morgan fingerprint density at radius 3 is 1.91 bits per heavy atom. The number of hydrogen-bond donors (Lipinski definition) is 0. The Balaban J connectivity index is 1.73. The van der Waals surface area contributed by atoms with Crippen LogP contribution in [-0.4, -0.2) is 4.98 Å². The van der Waals surface area contributed by atoms with E-state index in [0.717, 1.165) is 12.3 Å². The van der Waals surface area contributed by atoms with Gasteiger partial charge in [0, 0.05) is 6.42 Å². The van der Waals surface area contributed by atoms with Crippen molar-refractivity contribution in [2.45, 2.75) is 103 Å². The van der Waals surface area contributed by atoms with Gasteiger partial charge in [-0.15, -0.1) is 0 Å². The van der Waals surface area contributed by atoms with Crippen molar-refractivity contribution in [2.75, 3.05) is 0 Å². The maximum Gasteiger partial charge on any atom is 0.193 e. The van der Waals surface area contributed by atoms with Crippen LogP contribution in [0.1, 0.15) is 103 Å². The summed E-state index contributed by atoms with van der Waals surface area (Å²) in [6, 6.07) is 0. The van der Waals surface area contributed by atoms with E-state index in [0.29, 0.717) is 0 Å². The van der Waals surface area contributed by atoms with E-state index in [1.54, 1.807) is 12.5 Å². The van der Waals surface area contributed by atoms with Crippen LogP contribution in [0.4, 0.5) is 0 Å². The van der Waals surface area contributed by atoms with Crippen LogP contribution in [0.15, 0.2) is 29.0 Å². The summed E-state index contributed by atoms with van der Waals surface area (Å²) in [5.74, 6) is 0.889. The van der Waals surface area contributed by atoms with Crippen LogP contribution < -0.4 is 0 Å². The Kier molecular flexibility index (Phi) is 13.8. The van der Waals surface area contributed by atoms with E-state index in [1.165, 1.54) is 89.9 Å². The molecule has 0 saturated heterocycles. The second-order valence-electron chi connectivity index (χ2n) is 6.61. The van der Waals surface area contributed by atoms with E-state index in [4.69, 9.17) is 4.42 Å². The number of allylic oxidation sites excluding steroid dienone is 2. The molecule has 0 aromatic carbocycles. The maximum absolute atomic E-state index is 5.24. The lowest BCUT2D eigenvalue weighted by Crippen LogP contribution is -1.86. The summed E-state index contributed by atoms with van der Waals surface area (Å²) in [5, 5.41) is 0. The lowest BCUT2D eigenvalue weighted by molar-refractivity contribution is 0.477. The molecule has 2 nitrogen and oxygen atoms in total. The largest absolute Gasteiger partial charge is 0.449 e. The van der Waals surface area contributed by atoms with Crippen molar-refractivity contribution in [3.8, 4) is 0 Å². The van der Waals surface area contributed by atoms with Gasteiger partial charge in [-0.3, -0.25) is 0 Å². The van der Waals surface area contributed by atoms with E-state index in [2.05, 4.69) is 24.1 Å². The molecule has 0 N–H and O–H groups in total. The maximum atomic E-state index is 5.24. The molecule has 2 heteroatoms. The van der Waals surface area contributed by atoms with Crippen molar-refractivity contribution in [1.82, 2.24) is 4.98 Å². The van der Waals surface area contributed by atoms with E-state index < -0.39 is 0 Å². The Morgan fingerprint density at radius 2 is 1.35 bits per heavy atom. The highest BCUT2D eigenvalue weighted by atomic mass is 16.3. The fraction of sp³-hybridized carbons (Fsp3) is 0.762. The first kappa shape index (κ1) is 20.0. The molecule has 0 aliphatic heterocycles. The number of aryl methyl sites for hydroxylation is 1. The molecule has 0 bridgehead atoms. The highest BCUT2D eigenvalue weighted by Crippen LogP contribution is 2.11. The molecule has 1 aromatic heterocycles. The summed E-state index contributed by atoms with van der Waals surface area (Å²) >= 11 is 0. The van der Waals surface area contributed by atoms with E-state index in [-0.39, 0.29) is 0 Å². The monoisotopic (exact) mass is 319 g/mol. The molecule has 0 atom stereocenters. The minimum Gasteiger partial charge on any atom is -0.449 e. The van der Waals surface area contributed by atoms with Crippen molar-refractivity contribution in [3.05, 3.63) is 30.5 Å². The number of hydrogen-bond acceptors (Lipinski definition) is 2. The van der Waals surface area contributed by atoms with Crippen molar-refractivity contribution in [3.63, 3.8) is 0 Å². The molecule has 0 radical (unpaired) electrons. The van der Waals surface area contributed by atoms with Gasteiger partial charge >= 0.3 is 0 Å². The molecule has 132 valence electrons. The number of rotatable bonds is 16. The van der Waals surface area contributed by atoms with Crippen molar-refractivity contribution < 1.29 is 4.42 Å². The second-order valence-corrected chi connectivity index (χ2v) is 6.61. The van der Waals surface area contributed by atoms with Crippen LogP contribution >= 0.6 is 0 Å². The Labute approximate surface area is 143 Å². The zero-order valence-corrected chi connectivity index (χ0v) is 15.3. The molecular weight excluding hydrogens is 282 g/mol. The van der Waals surface area contributed by atoms with E-state index in [9.17, 15) is 0 Å². The van der Waals surface area contributed by atoms with Crippen LogP contribution in [0.5, 0.6) is 0 Å². The zero-order chi connectivity index (χ0) is 16.4. The van der Waals surface area contributed by atoms with Crippen LogP contribution in [0, 0.1) is 0 Å². The average Bonchev–Trinajstić information content (AvgIpc) is 3.08. The standard InChI is InChI=1S/C21H37NO/c1-2-3-4-5-6-7-8-9-10-11-12-13-14-15-16-17-18-21-22-19-20-23-21/h9-10,19-20H,2-8,11-18H2,1H3. The van der Waals surface area contributed by atoms with Crippen LogP contribution in [0.2, 0.25) is 0 Å². The van der Waals surface area contributed by atoms with Crippen molar-refractivity contribution >= 4 is 0 Å². The normalized spacial score (nSPS) is 11.5. The first-order valence-electron chi connectivity index (χ1n) is 9.97. The average molecular weight is 320 g/mol. The summed E-state index contributed by atoms with van der Waals surface area (Å²) in [6.07, 6.45) is 28.1. The van der Waals surface area contributed by atoms with Gasteiger partial charge in [0.15, 0.2) is 5.89 Å². The Morgan fingerprint density at radius 1 is 0.783 bits per heavy atom. The lowest BCUT2D eigenvalue weighted by Gasteiger charge is -2.00. The molecule has 1 rings (SSSR count).